The van der Waals surface area contributed by atoms with Crippen LogP contribution in [0.5, 0.6) is 11.5 Å². The number of aromatic hydroxyl groups is 2. The van der Waals surface area contributed by atoms with Gasteiger partial charge in [-0.05, 0) is 64.2 Å². The van der Waals surface area contributed by atoms with Crippen molar-refractivity contribution in [2.24, 2.45) is 0 Å². The predicted octanol–water partition coefficient (Wildman–Crippen LogP) is 6.44. The van der Waals surface area contributed by atoms with Crippen molar-refractivity contribution in [3.63, 3.8) is 0 Å². The molecule has 2 N–H and O–H groups in total. The molecular formula is C47H48N8O3. The summed E-state index contributed by atoms with van der Waals surface area (Å²) < 4.78 is 2.09. The second-order valence-corrected chi connectivity index (χ2v) is 15.9. The van der Waals surface area contributed by atoms with Gasteiger partial charge < -0.3 is 39.8 Å². The highest BCUT2D eigenvalue weighted by molar-refractivity contribution is 6.31. The average Bonchev–Trinajstić information content (AvgIpc) is 3.16. The Morgan fingerprint density at radius 2 is 1.05 bits per heavy atom. The van der Waals surface area contributed by atoms with Gasteiger partial charge in [-0.1, -0.05) is 30.0 Å². The van der Waals surface area contributed by atoms with Gasteiger partial charge in [0.15, 0.2) is 0 Å². The summed E-state index contributed by atoms with van der Waals surface area (Å²) in [6.07, 6.45) is 0. The van der Waals surface area contributed by atoms with Crippen molar-refractivity contribution in [3.05, 3.63) is 123 Å². The van der Waals surface area contributed by atoms with E-state index in [1.54, 1.807) is 12.1 Å². The zero-order chi connectivity index (χ0) is 42.2. The molecule has 5 aromatic carbocycles. The van der Waals surface area contributed by atoms with Crippen LogP contribution in [-0.2, 0) is 0 Å². The topological polar surface area (TPSA) is 111 Å². The van der Waals surface area contributed by atoms with E-state index in [0.717, 1.165) is 56.4 Å². The number of nitrogens with zero attached hydrogens (tertiary/aromatic N) is 8. The fourth-order valence-corrected chi connectivity index (χ4v) is 8.83. The molecule has 0 saturated heterocycles. The van der Waals surface area contributed by atoms with E-state index in [1.807, 2.05) is 158 Å². The number of rotatable bonds is 6. The van der Waals surface area contributed by atoms with E-state index >= 15 is 5.11 Å². The van der Waals surface area contributed by atoms with Crippen LogP contribution in [0.1, 0.15) is 27.8 Å². The summed E-state index contributed by atoms with van der Waals surface area (Å²) in [5.74, 6) is -0.619. The highest BCUT2D eigenvalue weighted by Gasteiger charge is 2.41. The lowest BCUT2D eigenvalue weighted by atomic mass is 9.68. The second-order valence-electron chi connectivity index (χ2n) is 15.9. The first-order valence-electron chi connectivity index (χ1n) is 18.8. The van der Waals surface area contributed by atoms with Gasteiger partial charge in [0.25, 0.3) is 5.70 Å². The average molecular weight is 773 g/mol. The highest BCUT2D eigenvalue weighted by atomic mass is 16.3. The van der Waals surface area contributed by atoms with Crippen molar-refractivity contribution < 1.29 is 19.9 Å². The van der Waals surface area contributed by atoms with Crippen LogP contribution >= 0.6 is 0 Å². The van der Waals surface area contributed by atoms with E-state index in [0.29, 0.717) is 27.1 Å². The van der Waals surface area contributed by atoms with Crippen LogP contribution in [-0.4, -0.2) is 105 Å². The van der Waals surface area contributed by atoms with Gasteiger partial charge in [0.1, 0.15) is 25.6 Å². The molecule has 0 unspecified atom stereocenters. The molecule has 0 bridgehead atoms. The number of benzene rings is 5. The van der Waals surface area contributed by atoms with Crippen LogP contribution in [0.4, 0.5) is 28.4 Å². The molecule has 0 radical (unpaired) electrons. The fraction of sp³-hybridized carbons (Fsp3) is 0.255. The monoisotopic (exact) mass is 772 g/mol. The molecule has 0 fully saturated rings. The van der Waals surface area contributed by atoms with Gasteiger partial charge in [-0.3, -0.25) is 0 Å². The maximum Gasteiger partial charge on any atom is 0.270 e. The summed E-state index contributed by atoms with van der Waals surface area (Å²) >= 11 is 0. The van der Waals surface area contributed by atoms with E-state index in [4.69, 9.17) is 6.57 Å². The molecule has 0 spiro atoms. The van der Waals surface area contributed by atoms with Gasteiger partial charge in [0, 0.05) is 115 Å². The summed E-state index contributed by atoms with van der Waals surface area (Å²) in [6.45, 7) is 8.34. The zero-order valence-electron chi connectivity index (χ0n) is 35.2. The molecule has 294 valence electrons. The van der Waals surface area contributed by atoms with Gasteiger partial charge in [-0.25, -0.2) is 14.7 Å². The molecule has 0 aliphatic heterocycles. The maximum absolute atomic E-state index is 15.7. The number of hydrogen-bond acceptors (Lipinski definition) is 9. The van der Waals surface area contributed by atoms with Crippen LogP contribution in [0, 0.1) is 17.9 Å². The van der Waals surface area contributed by atoms with Crippen LogP contribution in [0.2, 0.25) is 0 Å². The SMILES string of the molecule is [C-]#[N+]/C(C#N)=C1\C(=C2c3cccc(N(C)C)c3C(=[N+](C)C)c3c2cccc3N(C)C)C([O-])=C1c1c2c(O)ccc(N(C)C)c2c(N(C)C)c2c(N(C)C)ccc(O)c12. The molecule has 2 aliphatic rings. The number of anilines is 5. The number of fused-ring (bicyclic) bond motifs is 4. The van der Waals surface area contributed by atoms with Crippen LogP contribution < -0.4 is 29.6 Å². The number of phenols is 2. The zero-order valence-corrected chi connectivity index (χ0v) is 35.2. The predicted molar refractivity (Wildman–Crippen MR) is 237 cm³/mol. The number of hydrogen-bond donors (Lipinski definition) is 2. The van der Waals surface area contributed by atoms with Crippen molar-refractivity contribution in [2.75, 3.05) is 109 Å². The minimum atomic E-state index is -0.401. The van der Waals surface area contributed by atoms with E-state index in [2.05, 4.69) is 15.5 Å². The third-order valence-electron chi connectivity index (χ3n) is 11.1. The number of phenolic OH excluding ortho intramolecular Hbond substituents is 2. The first-order chi connectivity index (χ1) is 27.5. The molecule has 11 heteroatoms. The Bertz CT molecular complexity index is 2680. The summed E-state index contributed by atoms with van der Waals surface area (Å²) in [5.41, 5.74) is 9.61. The molecular weight excluding hydrogens is 725 g/mol. The van der Waals surface area contributed by atoms with E-state index < -0.39 is 5.76 Å². The fourth-order valence-electron chi connectivity index (χ4n) is 8.83. The summed E-state index contributed by atoms with van der Waals surface area (Å²) in [5, 5.41) is 52.4. The smallest absolute Gasteiger partial charge is 0.270 e. The molecule has 0 aromatic heterocycles. The molecule has 11 nitrogen and oxygen atoms in total. The van der Waals surface area contributed by atoms with Crippen LogP contribution in [0.15, 0.2) is 83.3 Å². The third-order valence-corrected chi connectivity index (χ3v) is 11.1. The van der Waals surface area contributed by atoms with Crippen molar-refractivity contribution in [1.29, 1.82) is 5.26 Å². The summed E-state index contributed by atoms with van der Waals surface area (Å²) in [4.78, 5) is 13.7. The van der Waals surface area contributed by atoms with Crippen molar-refractivity contribution in [3.8, 4) is 17.6 Å². The molecule has 7 rings (SSSR count). The van der Waals surface area contributed by atoms with Gasteiger partial charge in [-0.15, -0.1) is 0 Å². The largest absolute Gasteiger partial charge is 0.872 e. The summed E-state index contributed by atoms with van der Waals surface area (Å²) in [6, 6.07) is 21.0. The quantitative estimate of drug-likeness (QED) is 0.0856. The minimum absolute atomic E-state index is 0.0887. The molecule has 58 heavy (non-hydrogen) atoms. The molecule has 5 aromatic rings. The first kappa shape index (κ1) is 39.1. The molecule has 0 saturated carbocycles. The Morgan fingerprint density at radius 3 is 1.41 bits per heavy atom. The Morgan fingerprint density at radius 1 is 0.603 bits per heavy atom. The Labute approximate surface area is 340 Å². The second kappa shape index (κ2) is 14.1. The standard InChI is InChI=1S/C47H48N8O3/c1-49-27(24-48)37-43(34-25-16-14-18-28(50(2)3)35(25)45(54(10)11)36-26(34)17-15-19-29(36)51(4)5)47(58)44(37)42-40-32(56)22-20-30(52(6)7)38(40)46(55(12)13)39-31(53(8)9)21-23-33(57)41(39)42/h14-23H,2-13H3,(H2-,56,57,58)/b37-27+. The lowest BCUT2D eigenvalue weighted by Crippen LogP contribution is -2.31. The van der Waals surface area contributed by atoms with Gasteiger partial charge in [-0.2, -0.15) is 0 Å². The molecule has 0 atom stereocenters. The number of nitriles is 1. The number of allylic oxidation sites excluding steroid dienone is 3. The van der Waals surface area contributed by atoms with E-state index in [1.165, 1.54) is 0 Å². The van der Waals surface area contributed by atoms with Gasteiger partial charge in [0.05, 0.1) is 40.8 Å². The minimum Gasteiger partial charge on any atom is -0.872 e. The first-order valence-corrected chi connectivity index (χ1v) is 18.8. The van der Waals surface area contributed by atoms with Crippen molar-refractivity contribution >= 4 is 66.8 Å². The lowest BCUT2D eigenvalue weighted by molar-refractivity contribution is -0.463. The van der Waals surface area contributed by atoms with E-state index in [9.17, 15) is 15.5 Å². The van der Waals surface area contributed by atoms with Gasteiger partial charge >= 0.3 is 0 Å². The Kier molecular flexibility index (Phi) is 9.53. The van der Waals surface area contributed by atoms with Crippen molar-refractivity contribution in [1.82, 2.24) is 0 Å². The van der Waals surface area contributed by atoms with E-state index in [-0.39, 0.29) is 39.5 Å². The molecule has 0 amide bonds. The molecule has 2 aliphatic carbocycles. The highest BCUT2D eigenvalue weighted by Crippen LogP contribution is 2.59. The molecule has 0 heterocycles. The summed E-state index contributed by atoms with van der Waals surface area (Å²) in [7, 11) is 23.4. The Balaban J connectivity index is 1.81. The van der Waals surface area contributed by atoms with Gasteiger partial charge in [0.2, 0.25) is 5.71 Å². The van der Waals surface area contributed by atoms with Crippen LogP contribution in [0.3, 0.4) is 0 Å². The maximum atomic E-state index is 15.7. The van der Waals surface area contributed by atoms with Crippen molar-refractivity contribution in [2.45, 2.75) is 0 Å². The third kappa shape index (κ3) is 5.49. The Hall–Kier alpha value is -7.11. The van der Waals surface area contributed by atoms with Crippen LogP contribution in [0.25, 0.3) is 37.5 Å². The lowest BCUT2D eigenvalue weighted by Gasteiger charge is -2.41. The normalized spacial score (nSPS) is 14.1.